The molecule has 0 amide bonds. The molecule has 0 saturated carbocycles. The summed E-state index contributed by atoms with van der Waals surface area (Å²) in [6, 6.07) is 4.36. The first-order chi connectivity index (χ1) is 7.69. The van der Waals surface area contributed by atoms with Gasteiger partial charge < -0.3 is 4.74 Å². The minimum absolute atomic E-state index is 0.0384. The minimum Gasteiger partial charge on any atom is -0.465 e. The zero-order valence-electron chi connectivity index (χ0n) is 8.87. The predicted molar refractivity (Wildman–Crippen MR) is 65.2 cm³/mol. The molecule has 1 aromatic rings. The van der Waals surface area contributed by atoms with Crippen molar-refractivity contribution in [1.29, 1.82) is 0 Å². The molecule has 1 aromatic carbocycles. The van der Waals surface area contributed by atoms with Crippen LogP contribution in [0.5, 0.6) is 0 Å². The number of allylic oxidation sites excluding steroid dienone is 1. The van der Waals surface area contributed by atoms with Crippen molar-refractivity contribution in [3.8, 4) is 0 Å². The Morgan fingerprint density at radius 2 is 2.31 bits per heavy atom. The Bertz CT molecular complexity index is 402. The van der Waals surface area contributed by atoms with Crippen LogP contribution < -0.4 is 0 Å². The Kier molecular flexibility index (Phi) is 5.19. The molecule has 0 atom stereocenters. The number of methoxy groups -OCH3 is 1. The number of halogens is 2. The van der Waals surface area contributed by atoms with Crippen LogP contribution in [0, 0.1) is 5.82 Å². The largest absolute Gasteiger partial charge is 0.465 e. The van der Waals surface area contributed by atoms with Gasteiger partial charge in [0, 0.05) is 5.33 Å². The monoisotopic (exact) mass is 286 g/mol. The SMILES string of the molecule is COC(=O)c1cc(C=CCCBr)ccc1F. The van der Waals surface area contributed by atoms with E-state index in [4.69, 9.17) is 0 Å². The minimum atomic E-state index is -0.659. The lowest BCUT2D eigenvalue weighted by molar-refractivity contribution is 0.0595. The summed E-state index contributed by atoms with van der Waals surface area (Å²) in [6.07, 6.45) is 4.67. The molecule has 0 fully saturated rings. The summed E-state index contributed by atoms with van der Waals surface area (Å²) in [5.41, 5.74) is 0.742. The van der Waals surface area contributed by atoms with E-state index in [2.05, 4.69) is 20.7 Å². The van der Waals surface area contributed by atoms with Gasteiger partial charge in [-0.15, -0.1) is 0 Å². The van der Waals surface area contributed by atoms with E-state index >= 15 is 0 Å². The van der Waals surface area contributed by atoms with E-state index in [-0.39, 0.29) is 5.56 Å². The number of alkyl halides is 1. The fraction of sp³-hybridized carbons (Fsp3) is 0.250. The number of benzene rings is 1. The molecular weight excluding hydrogens is 275 g/mol. The van der Waals surface area contributed by atoms with E-state index in [1.165, 1.54) is 19.2 Å². The summed E-state index contributed by atoms with van der Waals surface area (Å²) in [5, 5.41) is 0.870. The van der Waals surface area contributed by atoms with Crippen molar-refractivity contribution in [2.24, 2.45) is 0 Å². The van der Waals surface area contributed by atoms with Crippen molar-refractivity contribution >= 4 is 28.0 Å². The maximum atomic E-state index is 13.3. The summed E-state index contributed by atoms with van der Waals surface area (Å²) in [4.78, 5) is 11.2. The molecule has 0 saturated heterocycles. The van der Waals surface area contributed by atoms with Gasteiger partial charge in [0.15, 0.2) is 0 Å². The van der Waals surface area contributed by atoms with Crippen molar-refractivity contribution < 1.29 is 13.9 Å². The number of carbonyl (C=O) groups is 1. The number of ether oxygens (including phenoxy) is 1. The average Bonchev–Trinajstić information content (AvgIpc) is 2.30. The van der Waals surface area contributed by atoms with Crippen molar-refractivity contribution in [3.05, 3.63) is 41.2 Å². The summed E-state index contributed by atoms with van der Waals surface area (Å²) >= 11 is 3.30. The molecule has 0 spiro atoms. The van der Waals surface area contributed by atoms with E-state index in [1.807, 2.05) is 12.2 Å². The maximum Gasteiger partial charge on any atom is 0.340 e. The summed E-state index contributed by atoms with van der Waals surface area (Å²) < 4.78 is 17.8. The van der Waals surface area contributed by atoms with Gasteiger partial charge in [-0.3, -0.25) is 0 Å². The fourth-order valence-electron chi connectivity index (χ4n) is 1.20. The van der Waals surface area contributed by atoms with Crippen LogP contribution in [-0.2, 0) is 4.74 Å². The third kappa shape index (κ3) is 3.45. The Labute approximate surface area is 102 Å². The number of rotatable bonds is 4. The maximum absolute atomic E-state index is 13.3. The summed E-state index contributed by atoms with van der Waals surface area (Å²) in [5.74, 6) is -1.22. The van der Waals surface area contributed by atoms with Gasteiger partial charge in [-0.1, -0.05) is 34.1 Å². The summed E-state index contributed by atoms with van der Waals surface area (Å²) in [6.45, 7) is 0. The molecule has 0 aliphatic rings. The van der Waals surface area contributed by atoms with E-state index < -0.39 is 11.8 Å². The van der Waals surface area contributed by atoms with E-state index in [0.717, 1.165) is 17.3 Å². The van der Waals surface area contributed by atoms with Gasteiger partial charge in [0.2, 0.25) is 0 Å². The molecule has 1 rings (SSSR count). The molecule has 86 valence electrons. The standard InChI is InChI=1S/C12H12BrFO2/c1-16-12(15)10-8-9(4-2-3-7-13)5-6-11(10)14/h2,4-6,8H,3,7H2,1H3. The molecule has 0 aliphatic heterocycles. The zero-order chi connectivity index (χ0) is 12.0. The normalized spacial score (nSPS) is 10.7. The van der Waals surface area contributed by atoms with Crippen LogP contribution >= 0.6 is 15.9 Å². The van der Waals surface area contributed by atoms with Crippen molar-refractivity contribution in [2.45, 2.75) is 6.42 Å². The average molecular weight is 287 g/mol. The van der Waals surface area contributed by atoms with Crippen LogP contribution in [-0.4, -0.2) is 18.4 Å². The van der Waals surface area contributed by atoms with Crippen LogP contribution in [0.2, 0.25) is 0 Å². The number of hydrogen-bond donors (Lipinski definition) is 0. The van der Waals surface area contributed by atoms with Crippen LogP contribution in [0.1, 0.15) is 22.3 Å². The first kappa shape index (κ1) is 12.9. The highest BCUT2D eigenvalue weighted by molar-refractivity contribution is 9.09. The van der Waals surface area contributed by atoms with Gasteiger partial charge in [0.05, 0.1) is 12.7 Å². The predicted octanol–water partition coefficient (Wildman–Crippen LogP) is 3.41. The van der Waals surface area contributed by atoms with Crippen LogP contribution in [0.25, 0.3) is 6.08 Å². The smallest absolute Gasteiger partial charge is 0.340 e. The zero-order valence-corrected chi connectivity index (χ0v) is 10.5. The first-order valence-electron chi connectivity index (χ1n) is 4.79. The molecule has 4 heteroatoms. The van der Waals surface area contributed by atoms with Gasteiger partial charge >= 0.3 is 5.97 Å². The second-order valence-corrected chi connectivity index (χ2v) is 3.90. The lowest BCUT2D eigenvalue weighted by Crippen LogP contribution is -2.04. The number of carbonyl (C=O) groups excluding carboxylic acids is 1. The van der Waals surface area contributed by atoms with E-state index in [9.17, 15) is 9.18 Å². The van der Waals surface area contributed by atoms with Crippen molar-refractivity contribution in [3.63, 3.8) is 0 Å². The molecule has 0 heterocycles. The van der Waals surface area contributed by atoms with Crippen molar-refractivity contribution in [1.82, 2.24) is 0 Å². The fourth-order valence-corrected chi connectivity index (χ4v) is 1.46. The van der Waals surface area contributed by atoms with Crippen molar-refractivity contribution in [2.75, 3.05) is 12.4 Å². The van der Waals surface area contributed by atoms with Gasteiger partial charge in [-0.2, -0.15) is 0 Å². The number of hydrogen-bond acceptors (Lipinski definition) is 2. The molecule has 0 aliphatic carbocycles. The second kappa shape index (κ2) is 6.43. The third-order valence-corrected chi connectivity index (χ3v) is 2.44. The molecule has 0 radical (unpaired) electrons. The Morgan fingerprint density at radius 3 is 2.94 bits per heavy atom. The Morgan fingerprint density at radius 1 is 1.56 bits per heavy atom. The van der Waals surface area contributed by atoms with Gasteiger partial charge in [-0.05, 0) is 24.1 Å². The molecule has 16 heavy (non-hydrogen) atoms. The van der Waals surface area contributed by atoms with Crippen LogP contribution in [0.4, 0.5) is 4.39 Å². The highest BCUT2D eigenvalue weighted by Crippen LogP contribution is 2.13. The van der Waals surface area contributed by atoms with Gasteiger partial charge in [0.1, 0.15) is 5.82 Å². The molecule has 0 bridgehead atoms. The lowest BCUT2D eigenvalue weighted by atomic mass is 10.1. The number of esters is 1. The topological polar surface area (TPSA) is 26.3 Å². The Hall–Kier alpha value is -1.16. The van der Waals surface area contributed by atoms with Gasteiger partial charge in [0.25, 0.3) is 0 Å². The molecule has 0 aromatic heterocycles. The van der Waals surface area contributed by atoms with Crippen LogP contribution in [0.3, 0.4) is 0 Å². The quantitative estimate of drug-likeness (QED) is 0.626. The first-order valence-corrected chi connectivity index (χ1v) is 5.91. The molecular formula is C12H12BrFO2. The highest BCUT2D eigenvalue weighted by atomic mass is 79.9. The highest BCUT2D eigenvalue weighted by Gasteiger charge is 2.11. The van der Waals surface area contributed by atoms with E-state index in [1.54, 1.807) is 6.07 Å². The van der Waals surface area contributed by atoms with Crippen LogP contribution in [0.15, 0.2) is 24.3 Å². The Balaban J connectivity index is 2.93. The molecule has 0 N–H and O–H groups in total. The molecule has 2 nitrogen and oxygen atoms in total. The summed E-state index contributed by atoms with van der Waals surface area (Å²) in [7, 11) is 1.23. The lowest BCUT2D eigenvalue weighted by Gasteiger charge is -2.02. The molecule has 0 unspecified atom stereocenters. The third-order valence-electron chi connectivity index (χ3n) is 1.98. The van der Waals surface area contributed by atoms with E-state index in [0.29, 0.717) is 0 Å². The van der Waals surface area contributed by atoms with Gasteiger partial charge in [-0.25, -0.2) is 9.18 Å². The second-order valence-electron chi connectivity index (χ2n) is 3.11.